The maximum atomic E-state index is 12.4. The van der Waals surface area contributed by atoms with Gasteiger partial charge in [-0.05, 0) is 37.4 Å². The van der Waals surface area contributed by atoms with Crippen LogP contribution in [0.1, 0.15) is 24.8 Å². The summed E-state index contributed by atoms with van der Waals surface area (Å²) in [6, 6.07) is 10.0. The third-order valence-electron chi connectivity index (χ3n) is 4.52. The number of carbonyl (C=O) groups is 1. The van der Waals surface area contributed by atoms with Gasteiger partial charge in [0.2, 0.25) is 0 Å². The van der Waals surface area contributed by atoms with Crippen molar-refractivity contribution in [2.24, 2.45) is 11.0 Å². The van der Waals surface area contributed by atoms with Crippen LogP contribution < -0.4 is 0 Å². The molecule has 0 aliphatic carbocycles. The number of amides is 1. The third-order valence-corrected chi connectivity index (χ3v) is 4.52. The van der Waals surface area contributed by atoms with Crippen molar-refractivity contribution in [3.63, 3.8) is 0 Å². The summed E-state index contributed by atoms with van der Waals surface area (Å²) >= 11 is 0. The summed E-state index contributed by atoms with van der Waals surface area (Å²) in [5.41, 5.74) is 2.09. The molecule has 2 aliphatic heterocycles. The minimum atomic E-state index is 0.0772. The molecule has 22 heavy (non-hydrogen) atoms. The van der Waals surface area contributed by atoms with Crippen LogP contribution >= 0.6 is 0 Å². The van der Waals surface area contributed by atoms with Gasteiger partial charge in [0.1, 0.15) is 0 Å². The van der Waals surface area contributed by atoms with Gasteiger partial charge in [0.25, 0.3) is 5.91 Å². The second-order valence-corrected chi connectivity index (χ2v) is 6.08. The number of aliphatic hydroxyl groups is 1. The van der Waals surface area contributed by atoms with Gasteiger partial charge in [0.05, 0.1) is 18.8 Å². The van der Waals surface area contributed by atoms with Crippen LogP contribution in [0.5, 0.6) is 0 Å². The molecule has 0 radical (unpaired) electrons. The molecule has 0 unspecified atom stereocenters. The third kappa shape index (κ3) is 3.54. The van der Waals surface area contributed by atoms with Gasteiger partial charge in [-0.15, -0.1) is 0 Å². The lowest BCUT2D eigenvalue weighted by molar-refractivity contribution is -0.132. The Bertz CT molecular complexity index is 536. The van der Waals surface area contributed by atoms with Crippen LogP contribution in [0.2, 0.25) is 0 Å². The minimum absolute atomic E-state index is 0.0772. The maximum absolute atomic E-state index is 12.4. The Balaban J connectivity index is 1.54. The van der Waals surface area contributed by atoms with Gasteiger partial charge in [0, 0.05) is 13.0 Å². The van der Waals surface area contributed by atoms with E-state index in [1.54, 1.807) is 5.01 Å². The van der Waals surface area contributed by atoms with E-state index in [0.29, 0.717) is 19.0 Å². The fraction of sp³-hybridized carbons (Fsp3) is 0.529. The highest BCUT2D eigenvalue weighted by Crippen LogP contribution is 2.18. The van der Waals surface area contributed by atoms with Crippen molar-refractivity contribution in [3.8, 4) is 0 Å². The van der Waals surface area contributed by atoms with Crippen molar-refractivity contribution in [1.82, 2.24) is 9.91 Å². The van der Waals surface area contributed by atoms with Crippen molar-refractivity contribution < 1.29 is 9.90 Å². The number of benzene rings is 1. The molecule has 0 atom stereocenters. The summed E-state index contributed by atoms with van der Waals surface area (Å²) in [6.45, 7) is 3.15. The molecule has 0 aromatic heterocycles. The molecular weight excluding hydrogens is 278 g/mol. The number of likely N-dealkylation sites (tertiary alicyclic amines) is 1. The fourth-order valence-electron chi connectivity index (χ4n) is 3.07. The van der Waals surface area contributed by atoms with Crippen LogP contribution in [0.3, 0.4) is 0 Å². The number of hydrazone groups is 1. The Labute approximate surface area is 131 Å². The fourth-order valence-corrected chi connectivity index (χ4v) is 3.07. The van der Waals surface area contributed by atoms with Crippen molar-refractivity contribution >= 4 is 11.6 Å². The predicted octanol–water partition coefficient (Wildman–Crippen LogP) is 1.33. The van der Waals surface area contributed by atoms with E-state index in [2.05, 4.69) is 10.0 Å². The van der Waals surface area contributed by atoms with Crippen LogP contribution in [0, 0.1) is 5.92 Å². The average molecular weight is 301 g/mol. The Morgan fingerprint density at radius 2 is 1.91 bits per heavy atom. The van der Waals surface area contributed by atoms with Gasteiger partial charge in [-0.3, -0.25) is 9.69 Å². The Hall–Kier alpha value is -1.72. The summed E-state index contributed by atoms with van der Waals surface area (Å²) < 4.78 is 0. The molecule has 1 N–H and O–H groups in total. The van der Waals surface area contributed by atoms with E-state index in [4.69, 9.17) is 5.11 Å². The molecule has 1 amide bonds. The lowest BCUT2D eigenvalue weighted by Gasteiger charge is -2.31. The molecule has 1 aromatic rings. The highest BCUT2D eigenvalue weighted by Gasteiger charge is 2.25. The van der Waals surface area contributed by atoms with E-state index in [-0.39, 0.29) is 12.5 Å². The summed E-state index contributed by atoms with van der Waals surface area (Å²) in [5.74, 6) is 0.481. The molecule has 3 rings (SSSR count). The zero-order valence-corrected chi connectivity index (χ0v) is 12.8. The molecule has 0 spiro atoms. The number of rotatable bonds is 4. The van der Waals surface area contributed by atoms with Gasteiger partial charge in [-0.2, -0.15) is 5.10 Å². The van der Waals surface area contributed by atoms with Crippen molar-refractivity contribution in [1.29, 1.82) is 0 Å². The number of hydrogen-bond donors (Lipinski definition) is 1. The molecular formula is C17H23N3O2. The van der Waals surface area contributed by atoms with Crippen LogP contribution in [-0.4, -0.2) is 59.4 Å². The first-order chi connectivity index (χ1) is 10.8. The number of piperidine rings is 1. The van der Waals surface area contributed by atoms with Crippen LogP contribution in [0.4, 0.5) is 0 Å². The van der Waals surface area contributed by atoms with Gasteiger partial charge in [-0.1, -0.05) is 30.3 Å². The first-order valence-electron chi connectivity index (χ1n) is 8.03. The predicted molar refractivity (Wildman–Crippen MR) is 85.6 cm³/mol. The lowest BCUT2D eigenvalue weighted by atomic mass is 9.98. The molecule has 2 aliphatic rings. The largest absolute Gasteiger partial charge is 0.396 e. The van der Waals surface area contributed by atoms with E-state index in [1.165, 1.54) is 0 Å². The normalized spacial score (nSPS) is 20.2. The van der Waals surface area contributed by atoms with Crippen LogP contribution in [0.25, 0.3) is 0 Å². The summed E-state index contributed by atoms with van der Waals surface area (Å²) in [6.07, 6.45) is 2.77. The molecule has 118 valence electrons. The molecule has 0 bridgehead atoms. The summed E-state index contributed by atoms with van der Waals surface area (Å²) in [7, 11) is 0. The number of aliphatic hydroxyl groups excluding tert-OH is 1. The highest BCUT2D eigenvalue weighted by molar-refractivity contribution is 6.02. The number of nitrogens with zero attached hydrogens (tertiary/aromatic N) is 3. The van der Waals surface area contributed by atoms with Crippen molar-refractivity contribution in [3.05, 3.63) is 35.9 Å². The van der Waals surface area contributed by atoms with Crippen molar-refractivity contribution in [2.75, 3.05) is 32.8 Å². The Kier molecular flexibility index (Phi) is 4.85. The molecule has 5 heteroatoms. The van der Waals surface area contributed by atoms with Crippen LogP contribution in [-0.2, 0) is 4.79 Å². The van der Waals surface area contributed by atoms with E-state index < -0.39 is 0 Å². The van der Waals surface area contributed by atoms with Gasteiger partial charge in [-0.25, -0.2) is 5.01 Å². The Morgan fingerprint density at radius 3 is 2.59 bits per heavy atom. The van der Waals surface area contributed by atoms with Gasteiger partial charge >= 0.3 is 0 Å². The summed E-state index contributed by atoms with van der Waals surface area (Å²) in [5, 5.41) is 15.3. The zero-order valence-electron chi connectivity index (χ0n) is 12.8. The molecule has 0 saturated carbocycles. The summed E-state index contributed by atoms with van der Waals surface area (Å²) in [4.78, 5) is 14.5. The standard InChI is InChI=1S/C17H23N3O2/c21-13-14-6-9-19(10-7-14)12-17(22)20-11-8-16(18-20)15-4-2-1-3-5-15/h1-5,14,21H,6-13H2. The first-order valence-corrected chi connectivity index (χ1v) is 8.03. The minimum Gasteiger partial charge on any atom is -0.396 e. The second-order valence-electron chi connectivity index (χ2n) is 6.08. The van der Waals surface area contributed by atoms with E-state index in [0.717, 1.165) is 43.6 Å². The lowest BCUT2D eigenvalue weighted by Crippen LogP contribution is -2.41. The van der Waals surface area contributed by atoms with E-state index in [9.17, 15) is 4.79 Å². The second kappa shape index (κ2) is 7.03. The molecule has 5 nitrogen and oxygen atoms in total. The van der Waals surface area contributed by atoms with E-state index >= 15 is 0 Å². The topological polar surface area (TPSA) is 56.1 Å². The first kappa shape index (κ1) is 15.2. The van der Waals surface area contributed by atoms with E-state index in [1.807, 2.05) is 30.3 Å². The molecule has 2 heterocycles. The van der Waals surface area contributed by atoms with Gasteiger partial charge < -0.3 is 5.11 Å². The van der Waals surface area contributed by atoms with Crippen molar-refractivity contribution in [2.45, 2.75) is 19.3 Å². The number of hydrogen-bond acceptors (Lipinski definition) is 4. The molecule has 1 aromatic carbocycles. The van der Waals surface area contributed by atoms with Crippen LogP contribution in [0.15, 0.2) is 35.4 Å². The molecule has 1 saturated heterocycles. The monoisotopic (exact) mass is 301 g/mol. The quantitative estimate of drug-likeness (QED) is 0.913. The highest BCUT2D eigenvalue weighted by atomic mass is 16.3. The van der Waals surface area contributed by atoms with Gasteiger partial charge in [0.15, 0.2) is 0 Å². The SMILES string of the molecule is O=C(CN1CCC(CO)CC1)N1CCC(c2ccccc2)=N1. The zero-order chi connectivity index (χ0) is 15.4. The maximum Gasteiger partial charge on any atom is 0.256 e. The Morgan fingerprint density at radius 1 is 1.18 bits per heavy atom. The molecule has 1 fully saturated rings. The number of carbonyl (C=O) groups excluding carboxylic acids is 1. The average Bonchev–Trinajstić information content (AvgIpc) is 3.06. The smallest absolute Gasteiger partial charge is 0.256 e.